The zero-order valence-electron chi connectivity index (χ0n) is 19.6. The molecule has 1 aliphatic carbocycles. The fourth-order valence-corrected chi connectivity index (χ4v) is 5.00. The Morgan fingerprint density at radius 2 is 1.78 bits per heavy atom. The van der Waals surface area contributed by atoms with Crippen molar-refractivity contribution < 1.29 is 22.7 Å². The van der Waals surface area contributed by atoms with Gasteiger partial charge in [-0.2, -0.15) is 0 Å². The normalized spacial score (nSPS) is 14.2. The van der Waals surface area contributed by atoms with Gasteiger partial charge in [-0.15, -0.1) is 0 Å². The van der Waals surface area contributed by atoms with Gasteiger partial charge in [0.25, 0.3) is 5.91 Å². The van der Waals surface area contributed by atoms with Crippen molar-refractivity contribution in [1.29, 1.82) is 0 Å². The van der Waals surface area contributed by atoms with Gasteiger partial charge in [-0.25, -0.2) is 13.1 Å². The molecule has 0 radical (unpaired) electrons. The summed E-state index contributed by atoms with van der Waals surface area (Å²) < 4.78 is 39.1. The molecule has 0 spiro atoms. The van der Waals surface area contributed by atoms with Crippen molar-refractivity contribution in [2.24, 2.45) is 0 Å². The lowest BCUT2D eigenvalue weighted by Gasteiger charge is -2.25. The maximum Gasteiger partial charge on any atom is 0.254 e. The molecule has 2 aromatic carbocycles. The van der Waals surface area contributed by atoms with Crippen molar-refractivity contribution >= 4 is 15.9 Å². The van der Waals surface area contributed by atoms with Crippen molar-refractivity contribution in [3.8, 4) is 11.5 Å². The van der Waals surface area contributed by atoms with E-state index in [1.54, 1.807) is 46.0 Å². The minimum Gasteiger partial charge on any atom is -0.497 e. The van der Waals surface area contributed by atoms with E-state index in [1.165, 1.54) is 12.1 Å². The van der Waals surface area contributed by atoms with E-state index in [4.69, 9.17) is 9.47 Å². The molecule has 1 fully saturated rings. The van der Waals surface area contributed by atoms with Gasteiger partial charge < -0.3 is 14.4 Å². The smallest absolute Gasteiger partial charge is 0.254 e. The maximum absolute atomic E-state index is 13.6. The van der Waals surface area contributed by atoms with E-state index in [0.29, 0.717) is 23.6 Å². The summed E-state index contributed by atoms with van der Waals surface area (Å²) in [6.45, 7) is 7.50. The summed E-state index contributed by atoms with van der Waals surface area (Å²) in [5.74, 6) is 1.16. The van der Waals surface area contributed by atoms with Crippen LogP contribution >= 0.6 is 0 Å². The van der Waals surface area contributed by atoms with Gasteiger partial charge in [-0.1, -0.05) is 6.07 Å². The summed E-state index contributed by atoms with van der Waals surface area (Å²) >= 11 is 0. The van der Waals surface area contributed by atoms with Crippen molar-refractivity contribution in [3.05, 3.63) is 53.1 Å². The second-order valence-corrected chi connectivity index (χ2v) is 10.9. The molecule has 0 atom stereocenters. The van der Waals surface area contributed by atoms with Gasteiger partial charge >= 0.3 is 0 Å². The standard InChI is InChI=1S/C24H32N2O5S/c1-16-7-11-20(32(28,29)25-24(2,3)4)14-21(16)23(27)26(18-8-9-18)15-17-13-19(30-5)10-12-22(17)31-6/h7,10-14,18,25H,8-9,15H2,1-6H3. The van der Waals surface area contributed by atoms with Crippen LogP contribution in [0.3, 0.4) is 0 Å². The number of ether oxygens (including phenoxy) is 2. The fraction of sp³-hybridized carbons (Fsp3) is 0.458. The SMILES string of the molecule is COc1ccc(OC)c(CN(C(=O)c2cc(S(=O)(=O)NC(C)(C)C)ccc2C)C2CC2)c1. The van der Waals surface area contributed by atoms with Gasteiger partial charge in [0.2, 0.25) is 10.0 Å². The summed E-state index contributed by atoms with van der Waals surface area (Å²) in [6.07, 6.45) is 1.83. The molecule has 8 heteroatoms. The van der Waals surface area contributed by atoms with Gasteiger partial charge in [-0.3, -0.25) is 4.79 Å². The number of benzene rings is 2. The number of methoxy groups -OCH3 is 2. The lowest BCUT2D eigenvalue weighted by atomic mass is 10.1. The van der Waals surface area contributed by atoms with E-state index in [2.05, 4.69) is 4.72 Å². The Morgan fingerprint density at radius 3 is 2.34 bits per heavy atom. The van der Waals surface area contributed by atoms with Crippen molar-refractivity contribution in [3.63, 3.8) is 0 Å². The summed E-state index contributed by atoms with van der Waals surface area (Å²) in [6, 6.07) is 10.3. The zero-order chi connectivity index (χ0) is 23.7. The van der Waals surface area contributed by atoms with E-state index in [9.17, 15) is 13.2 Å². The van der Waals surface area contributed by atoms with Gasteiger partial charge in [0.05, 0.1) is 25.7 Å². The molecule has 3 rings (SSSR count). The molecule has 0 heterocycles. The predicted octanol–water partition coefficient (Wildman–Crippen LogP) is 3.89. The van der Waals surface area contributed by atoms with Crippen LogP contribution < -0.4 is 14.2 Å². The van der Waals surface area contributed by atoms with Gasteiger partial charge in [-0.05, 0) is 76.4 Å². The van der Waals surface area contributed by atoms with E-state index in [1.807, 2.05) is 25.1 Å². The molecule has 1 saturated carbocycles. The first-order valence-corrected chi connectivity index (χ1v) is 12.1. The Kier molecular flexibility index (Phi) is 6.86. The Morgan fingerprint density at radius 1 is 1.09 bits per heavy atom. The molecule has 1 N–H and O–H groups in total. The summed E-state index contributed by atoms with van der Waals surface area (Å²) in [5, 5.41) is 0. The largest absolute Gasteiger partial charge is 0.497 e. The summed E-state index contributed by atoms with van der Waals surface area (Å²) in [7, 11) is -0.571. The molecule has 1 amide bonds. The van der Waals surface area contributed by atoms with Gasteiger partial charge in [0, 0.05) is 22.7 Å². The number of carbonyl (C=O) groups excluding carboxylic acids is 1. The van der Waals surface area contributed by atoms with Crippen LogP contribution in [0.25, 0.3) is 0 Å². The molecule has 0 saturated heterocycles. The molecule has 0 aliphatic heterocycles. The van der Waals surface area contributed by atoms with Crippen LogP contribution in [0.5, 0.6) is 11.5 Å². The molecular weight excluding hydrogens is 428 g/mol. The number of hydrogen-bond acceptors (Lipinski definition) is 5. The molecule has 174 valence electrons. The van der Waals surface area contributed by atoms with Crippen LogP contribution in [0.4, 0.5) is 0 Å². The Bertz CT molecular complexity index is 1100. The maximum atomic E-state index is 13.6. The van der Waals surface area contributed by atoms with Crippen LogP contribution in [-0.4, -0.2) is 45.0 Å². The summed E-state index contributed by atoms with van der Waals surface area (Å²) in [4.78, 5) is 15.5. The minimum absolute atomic E-state index is 0.0797. The molecule has 0 aromatic heterocycles. The number of rotatable bonds is 8. The lowest BCUT2D eigenvalue weighted by molar-refractivity contribution is 0.0727. The molecule has 0 unspecified atom stereocenters. The van der Waals surface area contributed by atoms with Crippen LogP contribution in [0, 0.1) is 6.92 Å². The fourth-order valence-electron chi connectivity index (χ4n) is 3.56. The Labute approximate surface area is 190 Å². The average molecular weight is 461 g/mol. The van der Waals surface area contributed by atoms with Crippen molar-refractivity contribution in [2.75, 3.05) is 14.2 Å². The first-order chi connectivity index (χ1) is 14.9. The number of nitrogens with zero attached hydrogens (tertiary/aromatic N) is 1. The number of hydrogen-bond donors (Lipinski definition) is 1. The van der Waals surface area contributed by atoms with E-state index in [-0.39, 0.29) is 16.8 Å². The third kappa shape index (κ3) is 5.61. The third-order valence-electron chi connectivity index (χ3n) is 5.27. The first-order valence-electron chi connectivity index (χ1n) is 10.6. The Balaban J connectivity index is 1.96. The molecule has 1 aliphatic rings. The molecule has 7 nitrogen and oxygen atoms in total. The Hall–Kier alpha value is -2.58. The highest BCUT2D eigenvalue weighted by atomic mass is 32.2. The number of sulfonamides is 1. The van der Waals surface area contributed by atoms with Crippen molar-refractivity contribution in [2.45, 2.75) is 63.6 Å². The van der Waals surface area contributed by atoms with Crippen LogP contribution in [0.15, 0.2) is 41.3 Å². The third-order valence-corrected chi connectivity index (χ3v) is 7.02. The topological polar surface area (TPSA) is 84.9 Å². The van der Waals surface area contributed by atoms with Gasteiger partial charge in [0.15, 0.2) is 0 Å². The second kappa shape index (κ2) is 9.11. The molecular formula is C24H32N2O5S. The number of nitrogens with one attached hydrogen (secondary N) is 1. The van der Waals surface area contributed by atoms with Crippen LogP contribution in [0.1, 0.15) is 55.1 Å². The summed E-state index contributed by atoms with van der Waals surface area (Å²) in [5.41, 5.74) is 1.32. The van der Waals surface area contributed by atoms with Crippen LogP contribution in [-0.2, 0) is 16.6 Å². The highest BCUT2D eigenvalue weighted by molar-refractivity contribution is 7.89. The molecule has 0 bridgehead atoms. The van der Waals surface area contributed by atoms with Gasteiger partial charge in [0.1, 0.15) is 11.5 Å². The quantitative estimate of drug-likeness (QED) is 0.646. The number of aryl methyl sites for hydroxylation is 1. The predicted molar refractivity (Wildman–Crippen MR) is 124 cm³/mol. The van der Waals surface area contributed by atoms with Crippen LogP contribution in [0.2, 0.25) is 0 Å². The monoisotopic (exact) mass is 460 g/mol. The van der Waals surface area contributed by atoms with E-state index in [0.717, 1.165) is 24.0 Å². The zero-order valence-corrected chi connectivity index (χ0v) is 20.4. The first kappa shape index (κ1) is 24.1. The molecule has 32 heavy (non-hydrogen) atoms. The van der Waals surface area contributed by atoms with Crippen molar-refractivity contribution in [1.82, 2.24) is 9.62 Å². The minimum atomic E-state index is -3.76. The highest BCUT2D eigenvalue weighted by Gasteiger charge is 2.35. The average Bonchev–Trinajstić information content (AvgIpc) is 3.55. The number of amides is 1. The number of carbonyl (C=O) groups is 1. The lowest BCUT2D eigenvalue weighted by Crippen LogP contribution is -2.40. The second-order valence-electron chi connectivity index (χ2n) is 9.17. The van der Waals surface area contributed by atoms with E-state index >= 15 is 0 Å². The molecule has 2 aromatic rings. The van der Waals surface area contributed by atoms with E-state index < -0.39 is 15.6 Å². The highest BCUT2D eigenvalue weighted by Crippen LogP contribution is 2.34.